The normalized spacial score (nSPS) is 14.5. The lowest BCUT2D eigenvalue weighted by Crippen LogP contribution is -2.19. The molecule has 0 saturated heterocycles. The van der Waals surface area contributed by atoms with Gasteiger partial charge in [-0.05, 0) is 32.6 Å². The molecule has 0 aromatic heterocycles. The molecule has 0 radical (unpaired) electrons. The van der Waals surface area contributed by atoms with Crippen LogP contribution in [0.15, 0.2) is 0 Å². The maximum Gasteiger partial charge on any atom is 0.0251 e. The second-order valence-corrected chi connectivity index (χ2v) is 6.23. The molecule has 14 heavy (non-hydrogen) atoms. The van der Waals surface area contributed by atoms with E-state index in [-0.39, 0.29) is 5.41 Å². The highest BCUT2D eigenvalue weighted by Gasteiger charge is 2.21. The van der Waals surface area contributed by atoms with Crippen molar-refractivity contribution in [3.8, 4) is 11.8 Å². The highest BCUT2D eigenvalue weighted by atomic mass is 14.3. The minimum Gasteiger partial charge on any atom is -0.0988 e. The molecule has 1 unspecified atom stereocenters. The van der Waals surface area contributed by atoms with E-state index in [2.05, 4.69) is 60.3 Å². The van der Waals surface area contributed by atoms with Gasteiger partial charge in [-0.15, -0.1) is 0 Å². The molecule has 0 aromatic carbocycles. The van der Waals surface area contributed by atoms with E-state index in [0.717, 1.165) is 0 Å². The van der Waals surface area contributed by atoms with Crippen LogP contribution in [-0.4, -0.2) is 0 Å². The van der Waals surface area contributed by atoms with E-state index in [9.17, 15) is 0 Å². The summed E-state index contributed by atoms with van der Waals surface area (Å²) in [5, 5.41) is 0. The molecule has 0 fully saturated rings. The van der Waals surface area contributed by atoms with Crippen molar-refractivity contribution < 1.29 is 0 Å². The first-order chi connectivity index (χ1) is 6.17. The SMILES string of the molecule is CCCC(C#CC(C)(C)C)C(C)(C)C. The zero-order valence-electron chi connectivity index (χ0n) is 11.0. The second kappa shape index (κ2) is 4.87. The Labute approximate surface area is 90.5 Å². The Hall–Kier alpha value is -0.440. The van der Waals surface area contributed by atoms with Crippen molar-refractivity contribution >= 4 is 0 Å². The average molecular weight is 194 g/mol. The van der Waals surface area contributed by atoms with Crippen LogP contribution in [0.5, 0.6) is 0 Å². The zero-order valence-corrected chi connectivity index (χ0v) is 11.0. The van der Waals surface area contributed by atoms with E-state index >= 15 is 0 Å². The molecule has 0 bridgehead atoms. The monoisotopic (exact) mass is 194 g/mol. The van der Waals surface area contributed by atoms with Crippen LogP contribution >= 0.6 is 0 Å². The van der Waals surface area contributed by atoms with Crippen molar-refractivity contribution in [1.82, 2.24) is 0 Å². The highest BCUT2D eigenvalue weighted by molar-refractivity contribution is 5.12. The molecule has 0 rings (SSSR count). The minimum absolute atomic E-state index is 0.136. The molecule has 82 valence electrons. The average Bonchev–Trinajstić information content (AvgIpc) is 1.93. The summed E-state index contributed by atoms with van der Waals surface area (Å²) in [7, 11) is 0. The molecule has 0 N–H and O–H groups in total. The Morgan fingerprint density at radius 1 is 1.00 bits per heavy atom. The zero-order chi connectivity index (χ0) is 11.4. The molecular formula is C14H26. The minimum atomic E-state index is 0.136. The van der Waals surface area contributed by atoms with Gasteiger partial charge in [0.2, 0.25) is 0 Å². The molecule has 0 amide bonds. The molecule has 0 aromatic rings. The Kier molecular flexibility index (Phi) is 4.72. The Balaban J connectivity index is 4.59. The van der Waals surface area contributed by atoms with Gasteiger partial charge in [-0.2, -0.15) is 0 Å². The summed E-state index contributed by atoms with van der Waals surface area (Å²) in [5.41, 5.74) is 0.450. The van der Waals surface area contributed by atoms with Crippen molar-refractivity contribution in [3.63, 3.8) is 0 Å². The first-order valence-corrected chi connectivity index (χ1v) is 5.69. The Morgan fingerprint density at radius 2 is 1.50 bits per heavy atom. The standard InChI is InChI=1S/C14H26/c1-8-9-12(14(5,6)7)10-11-13(2,3)4/h12H,8-9H2,1-7H3. The fraction of sp³-hybridized carbons (Fsp3) is 0.857. The van der Waals surface area contributed by atoms with Crippen molar-refractivity contribution in [2.75, 3.05) is 0 Å². The molecule has 1 atom stereocenters. The van der Waals surface area contributed by atoms with Gasteiger partial charge in [-0.25, -0.2) is 0 Å². The smallest absolute Gasteiger partial charge is 0.0251 e. The van der Waals surface area contributed by atoms with E-state index in [1.54, 1.807) is 0 Å². The van der Waals surface area contributed by atoms with E-state index in [0.29, 0.717) is 11.3 Å². The van der Waals surface area contributed by atoms with Crippen LogP contribution in [0, 0.1) is 28.6 Å². The third kappa shape index (κ3) is 6.08. The molecule has 0 heterocycles. The van der Waals surface area contributed by atoms with Crippen LogP contribution in [0.2, 0.25) is 0 Å². The van der Waals surface area contributed by atoms with Gasteiger partial charge in [0.05, 0.1) is 0 Å². The first-order valence-electron chi connectivity index (χ1n) is 5.69. The second-order valence-electron chi connectivity index (χ2n) is 6.23. The largest absolute Gasteiger partial charge is 0.0988 e. The Morgan fingerprint density at radius 3 is 1.79 bits per heavy atom. The Bertz CT molecular complexity index is 211. The number of hydrogen-bond donors (Lipinski definition) is 0. The summed E-state index contributed by atoms with van der Waals surface area (Å²) < 4.78 is 0. The molecule has 0 aliphatic carbocycles. The van der Waals surface area contributed by atoms with Gasteiger partial charge in [0.25, 0.3) is 0 Å². The fourth-order valence-electron chi connectivity index (χ4n) is 1.31. The van der Waals surface area contributed by atoms with Gasteiger partial charge < -0.3 is 0 Å². The summed E-state index contributed by atoms with van der Waals surface area (Å²) in [4.78, 5) is 0. The summed E-state index contributed by atoms with van der Waals surface area (Å²) >= 11 is 0. The van der Waals surface area contributed by atoms with Gasteiger partial charge in [-0.3, -0.25) is 0 Å². The third-order valence-corrected chi connectivity index (χ3v) is 2.24. The van der Waals surface area contributed by atoms with Crippen LogP contribution in [0.4, 0.5) is 0 Å². The third-order valence-electron chi connectivity index (χ3n) is 2.24. The summed E-state index contributed by atoms with van der Waals surface area (Å²) in [5.74, 6) is 7.35. The lowest BCUT2D eigenvalue weighted by atomic mass is 9.78. The van der Waals surface area contributed by atoms with Crippen LogP contribution in [0.25, 0.3) is 0 Å². The van der Waals surface area contributed by atoms with Gasteiger partial charge in [-0.1, -0.05) is 46.0 Å². The van der Waals surface area contributed by atoms with Gasteiger partial charge in [0.15, 0.2) is 0 Å². The van der Waals surface area contributed by atoms with Crippen LogP contribution in [-0.2, 0) is 0 Å². The van der Waals surface area contributed by atoms with Gasteiger partial charge in [0, 0.05) is 11.3 Å². The van der Waals surface area contributed by atoms with Crippen LogP contribution in [0.3, 0.4) is 0 Å². The summed E-state index contributed by atoms with van der Waals surface area (Å²) in [6.07, 6.45) is 2.44. The molecule has 0 heteroatoms. The topological polar surface area (TPSA) is 0 Å². The number of hydrogen-bond acceptors (Lipinski definition) is 0. The lowest BCUT2D eigenvalue weighted by Gasteiger charge is -2.26. The quantitative estimate of drug-likeness (QED) is 0.568. The highest BCUT2D eigenvalue weighted by Crippen LogP contribution is 2.29. The predicted molar refractivity (Wildman–Crippen MR) is 65.1 cm³/mol. The maximum atomic E-state index is 3.45. The molecule has 0 saturated carbocycles. The maximum absolute atomic E-state index is 3.45. The first kappa shape index (κ1) is 13.6. The van der Waals surface area contributed by atoms with Gasteiger partial charge in [0.1, 0.15) is 0 Å². The molecule has 0 aliphatic heterocycles. The van der Waals surface area contributed by atoms with Crippen molar-refractivity contribution in [3.05, 3.63) is 0 Å². The molecule has 0 aliphatic rings. The van der Waals surface area contributed by atoms with E-state index < -0.39 is 0 Å². The van der Waals surface area contributed by atoms with E-state index in [1.807, 2.05) is 0 Å². The predicted octanol–water partition coefficient (Wildman–Crippen LogP) is 4.50. The van der Waals surface area contributed by atoms with E-state index in [4.69, 9.17) is 0 Å². The van der Waals surface area contributed by atoms with E-state index in [1.165, 1.54) is 12.8 Å². The summed E-state index contributed by atoms with van der Waals surface area (Å²) in [6.45, 7) is 15.6. The number of rotatable bonds is 2. The van der Waals surface area contributed by atoms with Crippen molar-refractivity contribution in [2.24, 2.45) is 16.7 Å². The summed E-state index contributed by atoms with van der Waals surface area (Å²) in [6, 6.07) is 0. The molecular weight excluding hydrogens is 168 g/mol. The van der Waals surface area contributed by atoms with Crippen molar-refractivity contribution in [1.29, 1.82) is 0 Å². The molecule has 0 spiro atoms. The van der Waals surface area contributed by atoms with Crippen LogP contribution < -0.4 is 0 Å². The fourth-order valence-corrected chi connectivity index (χ4v) is 1.31. The van der Waals surface area contributed by atoms with Crippen molar-refractivity contribution in [2.45, 2.75) is 61.3 Å². The van der Waals surface area contributed by atoms with Crippen LogP contribution in [0.1, 0.15) is 61.3 Å². The van der Waals surface area contributed by atoms with Gasteiger partial charge >= 0.3 is 0 Å². The lowest BCUT2D eigenvalue weighted by molar-refractivity contribution is 0.286. The molecule has 0 nitrogen and oxygen atoms in total.